The summed E-state index contributed by atoms with van der Waals surface area (Å²) in [7, 11) is 3.65. The third-order valence-corrected chi connectivity index (χ3v) is 3.48. The molecule has 1 amide bonds. The van der Waals surface area contributed by atoms with Crippen LogP contribution in [0.25, 0.3) is 0 Å². The second-order valence-electron chi connectivity index (χ2n) is 4.26. The zero-order valence-corrected chi connectivity index (χ0v) is 8.32. The molecule has 3 atom stereocenters. The van der Waals surface area contributed by atoms with E-state index in [-0.39, 0.29) is 5.92 Å². The minimum absolute atomic E-state index is 0.253. The molecule has 1 saturated heterocycles. The molecule has 0 N–H and O–H groups in total. The summed E-state index contributed by atoms with van der Waals surface area (Å²) in [4.78, 5) is 13.5. The van der Waals surface area contributed by atoms with Crippen LogP contribution in [-0.4, -0.2) is 37.6 Å². The van der Waals surface area contributed by atoms with Crippen LogP contribution in [0, 0.1) is 11.8 Å². The van der Waals surface area contributed by atoms with Gasteiger partial charge in [0.1, 0.15) is 0 Å². The molecule has 0 spiro atoms. The molecule has 1 aliphatic heterocycles. The van der Waals surface area contributed by atoms with Gasteiger partial charge in [-0.3, -0.25) is 4.79 Å². The monoisotopic (exact) mass is 183 g/mol. The van der Waals surface area contributed by atoms with Crippen LogP contribution < -0.4 is 0 Å². The molecule has 0 radical (unpaired) electrons. The Bertz CT molecular complexity index is 217. The highest BCUT2D eigenvalue weighted by Crippen LogP contribution is 2.37. The van der Waals surface area contributed by atoms with E-state index in [1.54, 1.807) is 7.11 Å². The lowest BCUT2D eigenvalue weighted by Gasteiger charge is -2.28. The summed E-state index contributed by atoms with van der Waals surface area (Å²) in [6.45, 7) is 0.958. The van der Waals surface area contributed by atoms with E-state index in [1.807, 2.05) is 11.9 Å². The molecule has 3 unspecified atom stereocenters. The van der Waals surface area contributed by atoms with E-state index in [0.717, 1.165) is 25.8 Å². The van der Waals surface area contributed by atoms with Gasteiger partial charge in [0.05, 0.1) is 6.10 Å². The van der Waals surface area contributed by atoms with Crippen LogP contribution in [0.5, 0.6) is 0 Å². The molecule has 74 valence electrons. The van der Waals surface area contributed by atoms with Gasteiger partial charge in [-0.2, -0.15) is 0 Å². The van der Waals surface area contributed by atoms with Crippen molar-refractivity contribution in [1.82, 2.24) is 4.90 Å². The zero-order valence-electron chi connectivity index (χ0n) is 8.32. The maximum Gasteiger partial charge on any atom is 0.225 e. The summed E-state index contributed by atoms with van der Waals surface area (Å²) >= 11 is 0. The van der Waals surface area contributed by atoms with E-state index >= 15 is 0 Å². The second-order valence-corrected chi connectivity index (χ2v) is 4.26. The quantitative estimate of drug-likeness (QED) is 0.604. The number of carbonyl (C=O) groups is 1. The van der Waals surface area contributed by atoms with Crippen molar-refractivity contribution in [1.29, 1.82) is 0 Å². The number of rotatable bonds is 1. The fourth-order valence-electron chi connectivity index (χ4n) is 2.65. The first-order valence-electron chi connectivity index (χ1n) is 5.00. The van der Waals surface area contributed by atoms with E-state index in [9.17, 15) is 4.79 Å². The van der Waals surface area contributed by atoms with E-state index in [4.69, 9.17) is 4.74 Å². The molecule has 13 heavy (non-hydrogen) atoms. The standard InChI is InChI=1S/C10H17NO2/c1-11-6-7-3-4-8(13-2)5-9(7)10(11)12/h7-9H,3-6H2,1-2H3. The molecule has 0 aromatic rings. The van der Waals surface area contributed by atoms with Crippen LogP contribution in [-0.2, 0) is 9.53 Å². The average molecular weight is 183 g/mol. The smallest absolute Gasteiger partial charge is 0.225 e. The van der Waals surface area contributed by atoms with Gasteiger partial charge >= 0.3 is 0 Å². The van der Waals surface area contributed by atoms with Crippen LogP contribution in [0.4, 0.5) is 0 Å². The van der Waals surface area contributed by atoms with Gasteiger partial charge in [0.15, 0.2) is 0 Å². The fourth-order valence-corrected chi connectivity index (χ4v) is 2.65. The summed E-state index contributed by atoms with van der Waals surface area (Å²) in [6.07, 6.45) is 3.53. The van der Waals surface area contributed by atoms with Crippen LogP contribution >= 0.6 is 0 Å². The van der Waals surface area contributed by atoms with Gasteiger partial charge in [0, 0.05) is 26.6 Å². The topological polar surface area (TPSA) is 29.5 Å². The molecular formula is C10H17NO2. The van der Waals surface area contributed by atoms with Crippen molar-refractivity contribution >= 4 is 5.91 Å². The van der Waals surface area contributed by atoms with Crippen molar-refractivity contribution in [3.63, 3.8) is 0 Å². The number of likely N-dealkylation sites (tertiary alicyclic amines) is 1. The summed E-state index contributed by atoms with van der Waals surface area (Å²) in [5.41, 5.74) is 0. The number of hydrogen-bond acceptors (Lipinski definition) is 2. The van der Waals surface area contributed by atoms with Crippen LogP contribution in [0.3, 0.4) is 0 Å². The Morgan fingerprint density at radius 1 is 1.46 bits per heavy atom. The summed E-state index contributed by atoms with van der Waals surface area (Å²) < 4.78 is 5.31. The third-order valence-electron chi connectivity index (χ3n) is 3.48. The SMILES string of the molecule is COC1CCC2CN(C)C(=O)C2C1. The molecule has 3 heteroatoms. The number of hydrogen-bond donors (Lipinski definition) is 0. The fraction of sp³-hybridized carbons (Fsp3) is 0.900. The van der Waals surface area contributed by atoms with Crippen LogP contribution in [0.2, 0.25) is 0 Å². The lowest BCUT2D eigenvalue weighted by molar-refractivity contribution is -0.131. The van der Waals surface area contributed by atoms with Crippen molar-refractivity contribution in [3.8, 4) is 0 Å². The van der Waals surface area contributed by atoms with Crippen molar-refractivity contribution in [2.75, 3.05) is 20.7 Å². The van der Waals surface area contributed by atoms with Crippen molar-refractivity contribution < 1.29 is 9.53 Å². The predicted molar refractivity (Wildman–Crippen MR) is 49.3 cm³/mol. The van der Waals surface area contributed by atoms with E-state index in [0.29, 0.717) is 17.9 Å². The molecule has 1 aliphatic carbocycles. The van der Waals surface area contributed by atoms with Gasteiger partial charge in [-0.1, -0.05) is 0 Å². The molecule has 1 heterocycles. The van der Waals surface area contributed by atoms with Gasteiger partial charge < -0.3 is 9.64 Å². The van der Waals surface area contributed by atoms with Gasteiger partial charge in [-0.15, -0.1) is 0 Å². The number of fused-ring (bicyclic) bond motifs is 1. The molecule has 2 fully saturated rings. The largest absolute Gasteiger partial charge is 0.381 e. The summed E-state index contributed by atoms with van der Waals surface area (Å²) in [6, 6.07) is 0. The van der Waals surface area contributed by atoms with Gasteiger partial charge in [0.25, 0.3) is 0 Å². The minimum Gasteiger partial charge on any atom is -0.381 e. The number of ether oxygens (including phenoxy) is 1. The Kier molecular flexibility index (Phi) is 2.28. The molecule has 0 aromatic heterocycles. The predicted octanol–water partition coefficient (Wildman–Crippen LogP) is 0.890. The Morgan fingerprint density at radius 2 is 2.23 bits per heavy atom. The maximum atomic E-state index is 11.7. The molecule has 2 rings (SSSR count). The second kappa shape index (κ2) is 3.29. The summed E-state index contributed by atoms with van der Waals surface area (Å²) in [5, 5.41) is 0. The Labute approximate surface area is 79.0 Å². The lowest BCUT2D eigenvalue weighted by Crippen LogP contribution is -2.30. The van der Waals surface area contributed by atoms with Crippen LogP contribution in [0.1, 0.15) is 19.3 Å². The van der Waals surface area contributed by atoms with Gasteiger partial charge in [-0.25, -0.2) is 0 Å². The third kappa shape index (κ3) is 1.46. The number of carbonyl (C=O) groups excluding carboxylic acids is 1. The van der Waals surface area contributed by atoms with E-state index in [1.165, 1.54) is 0 Å². The van der Waals surface area contributed by atoms with Crippen molar-refractivity contribution in [2.45, 2.75) is 25.4 Å². The zero-order chi connectivity index (χ0) is 9.42. The molecule has 2 aliphatic rings. The first-order chi connectivity index (χ1) is 6.22. The first-order valence-corrected chi connectivity index (χ1v) is 5.00. The average Bonchev–Trinajstić information content (AvgIpc) is 2.43. The van der Waals surface area contributed by atoms with Gasteiger partial charge in [0.2, 0.25) is 5.91 Å². The number of methoxy groups -OCH3 is 1. The van der Waals surface area contributed by atoms with Gasteiger partial charge in [-0.05, 0) is 25.2 Å². The van der Waals surface area contributed by atoms with Crippen molar-refractivity contribution in [2.24, 2.45) is 11.8 Å². The molecule has 1 saturated carbocycles. The minimum atomic E-state index is 0.253. The highest BCUT2D eigenvalue weighted by atomic mass is 16.5. The molecular weight excluding hydrogens is 166 g/mol. The number of amides is 1. The Hall–Kier alpha value is -0.570. The van der Waals surface area contributed by atoms with E-state index in [2.05, 4.69) is 0 Å². The highest BCUT2D eigenvalue weighted by Gasteiger charge is 2.42. The highest BCUT2D eigenvalue weighted by molar-refractivity contribution is 5.81. The Balaban J connectivity index is 2.05. The van der Waals surface area contributed by atoms with Crippen LogP contribution in [0.15, 0.2) is 0 Å². The normalized spacial score (nSPS) is 39.4. The first kappa shape index (κ1) is 9.00. The molecule has 0 bridgehead atoms. The van der Waals surface area contributed by atoms with Crippen molar-refractivity contribution in [3.05, 3.63) is 0 Å². The number of nitrogens with zero attached hydrogens (tertiary/aromatic N) is 1. The maximum absolute atomic E-state index is 11.7. The lowest BCUT2D eigenvalue weighted by atomic mass is 9.80. The molecule has 0 aromatic carbocycles. The summed E-state index contributed by atoms with van der Waals surface area (Å²) in [5.74, 6) is 1.18. The Morgan fingerprint density at radius 3 is 2.92 bits per heavy atom. The molecule has 3 nitrogen and oxygen atoms in total. The van der Waals surface area contributed by atoms with E-state index < -0.39 is 0 Å².